The number of ether oxygens (including phenoxy) is 3. The average molecular weight is 653 g/mol. The van der Waals surface area contributed by atoms with Crippen LogP contribution in [0.5, 0.6) is 0 Å². The van der Waals surface area contributed by atoms with E-state index in [9.17, 15) is 28.8 Å². The molecule has 0 aliphatic heterocycles. The number of carbonyl (C=O) groups excluding carboxylic acids is 6. The molecule has 3 amide bonds. The van der Waals surface area contributed by atoms with Crippen LogP contribution in [0.4, 0.5) is 4.79 Å². The highest BCUT2D eigenvalue weighted by atomic mass is 35.5. The zero-order valence-corrected chi connectivity index (χ0v) is 26.2. The number of esters is 2. The van der Waals surface area contributed by atoms with E-state index in [1.807, 2.05) is 6.07 Å². The first kappa shape index (κ1) is 36.0. The second-order valence-electron chi connectivity index (χ2n) is 9.87. The van der Waals surface area contributed by atoms with Crippen LogP contribution in [0, 0.1) is 5.92 Å². The zero-order chi connectivity index (χ0) is 32.8. The minimum absolute atomic E-state index is 0.00542. The monoisotopic (exact) mass is 651 g/mol. The first-order chi connectivity index (χ1) is 20.8. The molecule has 12 nitrogen and oxygen atoms in total. The smallest absolute Gasteiger partial charge is 0.408 e. The molecule has 0 saturated heterocycles. The maximum Gasteiger partial charge on any atom is 0.408 e. The molecule has 0 saturated carbocycles. The molecule has 0 aliphatic carbocycles. The van der Waals surface area contributed by atoms with Gasteiger partial charge in [-0.15, -0.1) is 0 Å². The van der Waals surface area contributed by atoms with E-state index in [1.165, 1.54) is 25.1 Å². The number of amides is 3. The van der Waals surface area contributed by atoms with Gasteiger partial charge < -0.3 is 30.2 Å². The van der Waals surface area contributed by atoms with Gasteiger partial charge in [0.1, 0.15) is 24.7 Å². The van der Waals surface area contributed by atoms with Gasteiger partial charge in [0.15, 0.2) is 12.4 Å². The van der Waals surface area contributed by atoms with Crippen molar-refractivity contribution < 1.29 is 43.0 Å². The molecular weight excluding hydrogens is 617 g/mol. The Kier molecular flexibility index (Phi) is 14.6. The average Bonchev–Trinajstić information content (AvgIpc) is 2.97. The lowest BCUT2D eigenvalue weighted by Crippen LogP contribution is -2.56. The molecule has 0 unspecified atom stereocenters. The second-order valence-corrected chi connectivity index (χ2v) is 10.7. The molecule has 44 heavy (non-hydrogen) atoms. The van der Waals surface area contributed by atoms with Crippen molar-refractivity contribution in [1.29, 1.82) is 0 Å². The SMILES string of the molecule is CCOC(=O)C[C@@H](NC(=O)[C@H](C)NC(=O)[C@@H](NC(=O)OCc1ccccc1)C(C)C)C(=O)COC(=O)c1c(Cl)cccc1Cl. The van der Waals surface area contributed by atoms with E-state index in [-0.39, 0.29) is 34.7 Å². The first-order valence-electron chi connectivity index (χ1n) is 13.7. The summed E-state index contributed by atoms with van der Waals surface area (Å²) in [5, 5.41) is 7.38. The highest BCUT2D eigenvalue weighted by Crippen LogP contribution is 2.25. The van der Waals surface area contributed by atoms with Crippen molar-refractivity contribution in [2.45, 2.75) is 58.8 Å². The highest BCUT2D eigenvalue weighted by Gasteiger charge is 2.31. The van der Waals surface area contributed by atoms with Gasteiger partial charge in [-0.3, -0.25) is 19.2 Å². The molecule has 0 aromatic heterocycles. The molecule has 0 aliphatic rings. The first-order valence-corrected chi connectivity index (χ1v) is 14.5. The van der Waals surface area contributed by atoms with E-state index in [1.54, 1.807) is 45.0 Å². The van der Waals surface area contributed by atoms with Crippen molar-refractivity contribution in [1.82, 2.24) is 16.0 Å². The number of hydrogen-bond donors (Lipinski definition) is 3. The third kappa shape index (κ3) is 11.5. The summed E-state index contributed by atoms with van der Waals surface area (Å²) in [6.07, 6.45) is -1.39. The van der Waals surface area contributed by atoms with Gasteiger partial charge in [-0.05, 0) is 37.5 Å². The number of hydrogen-bond acceptors (Lipinski definition) is 9. The van der Waals surface area contributed by atoms with Gasteiger partial charge in [-0.2, -0.15) is 0 Å². The number of alkyl carbamates (subject to hydrolysis) is 1. The molecule has 0 heterocycles. The van der Waals surface area contributed by atoms with Crippen LogP contribution in [0.15, 0.2) is 48.5 Å². The molecule has 14 heteroatoms. The van der Waals surface area contributed by atoms with Crippen LogP contribution >= 0.6 is 23.2 Å². The summed E-state index contributed by atoms with van der Waals surface area (Å²) in [6, 6.07) is 9.60. The summed E-state index contributed by atoms with van der Waals surface area (Å²) in [5.41, 5.74) is 0.607. The Hall–Kier alpha value is -4.16. The number of nitrogens with one attached hydrogen (secondary N) is 3. The zero-order valence-electron chi connectivity index (χ0n) is 24.7. The molecule has 0 fully saturated rings. The third-order valence-corrected chi connectivity index (χ3v) is 6.71. The van der Waals surface area contributed by atoms with E-state index in [0.717, 1.165) is 5.56 Å². The number of Topliss-reactive ketones (excluding diaryl/α,β-unsaturated/α-hetero) is 1. The van der Waals surface area contributed by atoms with Crippen LogP contribution in [-0.4, -0.2) is 67.0 Å². The largest absolute Gasteiger partial charge is 0.466 e. The van der Waals surface area contributed by atoms with Crippen molar-refractivity contribution in [2.75, 3.05) is 13.2 Å². The summed E-state index contributed by atoms with van der Waals surface area (Å²) in [6.45, 7) is 5.50. The number of ketones is 1. The van der Waals surface area contributed by atoms with E-state index in [2.05, 4.69) is 16.0 Å². The Balaban J connectivity index is 2.02. The molecule has 2 rings (SSSR count). The third-order valence-electron chi connectivity index (χ3n) is 6.08. The van der Waals surface area contributed by atoms with Crippen LogP contribution in [0.2, 0.25) is 10.0 Å². The second kappa shape index (κ2) is 17.8. The van der Waals surface area contributed by atoms with Crippen molar-refractivity contribution in [2.24, 2.45) is 5.92 Å². The summed E-state index contributed by atoms with van der Waals surface area (Å²) < 4.78 is 15.1. The fraction of sp³-hybridized carbons (Fsp3) is 0.400. The van der Waals surface area contributed by atoms with Gasteiger partial charge in [-0.1, -0.05) is 73.4 Å². The predicted octanol–water partition coefficient (Wildman–Crippen LogP) is 3.61. The lowest BCUT2D eigenvalue weighted by Gasteiger charge is -2.24. The quantitative estimate of drug-likeness (QED) is 0.192. The van der Waals surface area contributed by atoms with E-state index >= 15 is 0 Å². The fourth-order valence-electron chi connectivity index (χ4n) is 3.73. The summed E-state index contributed by atoms with van der Waals surface area (Å²) in [7, 11) is 0. The van der Waals surface area contributed by atoms with E-state index in [4.69, 9.17) is 37.4 Å². The van der Waals surface area contributed by atoms with Crippen LogP contribution < -0.4 is 16.0 Å². The van der Waals surface area contributed by atoms with Crippen molar-refractivity contribution in [3.63, 3.8) is 0 Å². The lowest BCUT2D eigenvalue weighted by molar-refractivity contribution is -0.146. The van der Waals surface area contributed by atoms with Gasteiger partial charge in [-0.25, -0.2) is 9.59 Å². The molecule has 2 aromatic rings. The Morgan fingerprint density at radius 2 is 1.41 bits per heavy atom. The maximum atomic E-state index is 13.0. The Morgan fingerprint density at radius 3 is 2.00 bits per heavy atom. The summed E-state index contributed by atoms with van der Waals surface area (Å²) >= 11 is 12.0. The van der Waals surface area contributed by atoms with Crippen LogP contribution in [0.1, 0.15) is 50.0 Å². The normalized spacial score (nSPS) is 12.7. The number of benzene rings is 2. The molecule has 238 valence electrons. The van der Waals surface area contributed by atoms with Crippen molar-refractivity contribution in [3.05, 3.63) is 69.7 Å². The molecule has 0 radical (unpaired) electrons. The number of halogens is 2. The highest BCUT2D eigenvalue weighted by molar-refractivity contribution is 6.39. The van der Waals surface area contributed by atoms with Crippen LogP contribution in [0.3, 0.4) is 0 Å². The standard InChI is InChI=1S/C30H35Cl2N3O9/c1-5-42-24(37)14-22(23(36)16-43-29(40)25-20(31)12-9-13-21(25)32)34-27(38)18(4)33-28(39)26(17(2)3)35-30(41)44-15-19-10-7-6-8-11-19/h6-13,17-18,22,26H,5,14-16H2,1-4H3,(H,33,39)(H,34,38)(H,35,41)/t18-,22+,26-/m0/s1. The minimum Gasteiger partial charge on any atom is -0.466 e. The molecule has 2 aromatic carbocycles. The van der Waals surface area contributed by atoms with Gasteiger partial charge in [0.25, 0.3) is 0 Å². The lowest BCUT2D eigenvalue weighted by atomic mass is 10.0. The Morgan fingerprint density at radius 1 is 0.773 bits per heavy atom. The maximum absolute atomic E-state index is 13.0. The topological polar surface area (TPSA) is 166 Å². The van der Waals surface area contributed by atoms with E-state index < -0.39 is 66.8 Å². The van der Waals surface area contributed by atoms with Gasteiger partial charge >= 0.3 is 18.0 Å². The Bertz CT molecular complexity index is 1320. The number of carbonyl (C=O) groups is 6. The molecule has 3 N–H and O–H groups in total. The summed E-state index contributed by atoms with van der Waals surface area (Å²) in [5.74, 6) is -4.49. The van der Waals surface area contributed by atoms with Crippen molar-refractivity contribution in [3.8, 4) is 0 Å². The number of rotatable bonds is 15. The van der Waals surface area contributed by atoms with Crippen LogP contribution in [0.25, 0.3) is 0 Å². The Labute approximate surface area is 265 Å². The van der Waals surface area contributed by atoms with Gasteiger partial charge in [0.05, 0.1) is 28.6 Å². The summed E-state index contributed by atoms with van der Waals surface area (Å²) in [4.78, 5) is 75.9. The fourth-order valence-corrected chi connectivity index (χ4v) is 4.28. The minimum atomic E-state index is -1.46. The molecular formula is C30H35Cl2N3O9. The van der Waals surface area contributed by atoms with Gasteiger partial charge in [0.2, 0.25) is 11.8 Å². The van der Waals surface area contributed by atoms with Crippen molar-refractivity contribution >= 4 is 58.8 Å². The molecule has 3 atom stereocenters. The van der Waals surface area contributed by atoms with Gasteiger partial charge in [0, 0.05) is 0 Å². The predicted molar refractivity (Wildman–Crippen MR) is 161 cm³/mol. The van der Waals surface area contributed by atoms with E-state index in [0.29, 0.717) is 0 Å². The van der Waals surface area contributed by atoms with Crippen LogP contribution in [-0.2, 0) is 40.0 Å². The molecule has 0 bridgehead atoms. The molecule has 0 spiro atoms.